The largest absolute Gasteiger partial charge is 0.317 e. The number of nitrogens with one attached hydrogen (secondary N) is 1. The second-order valence-corrected chi connectivity index (χ2v) is 5.21. The molecule has 2 atom stereocenters. The van der Waals surface area contributed by atoms with Gasteiger partial charge in [-0.1, -0.05) is 0 Å². The maximum atomic E-state index is 4.37. The molecule has 0 spiro atoms. The third-order valence-corrected chi connectivity index (χ3v) is 4.06. The first-order valence-corrected chi connectivity index (χ1v) is 7.01. The fraction of sp³-hybridized carbons (Fsp3) is 0.846. The zero-order valence-corrected chi connectivity index (χ0v) is 11.8. The Bertz CT molecular complexity index is 362. The lowest BCUT2D eigenvalue weighted by Crippen LogP contribution is -2.43. The summed E-state index contributed by atoms with van der Waals surface area (Å²) >= 11 is 0. The van der Waals surface area contributed by atoms with E-state index in [1.807, 2.05) is 4.68 Å². The zero-order valence-electron chi connectivity index (χ0n) is 11.8. The van der Waals surface area contributed by atoms with Crippen molar-refractivity contribution in [2.75, 3.05) is 20.1 Å². The highest BCUT2D eigenvalue weighted by Gasteiger charge is 2.24. The van der Waals surface area contributed by atoms with Crippen LogP contribution in [0, 0.1) is 5.92 Å². The quantitative estimate of drug-likeness (QED) is 0.852. The monoisotopic (exact) mass is 251 g/mol. The van der Waals surface area contributed by atoms with Gasteiger partial charge in [-0.2, -0.15) is 5.10 Å². The molecule has 1 aliphatic rings. The van der Waals surface area contributed by atoms with Crippen LogP contribution in [0.4, 0.5) is 0 Å². The molecule has 1 aliphatic heterocycles. The average molecular weight is 251 g/mol. The fourth-order valence-electron chi connectivity index (χ4n) is 2.75. The Morgan fingerprint density at radius 3 is 3.11 bits per heavy atom. The Labute approximate surface area is 110 Å². The Kier molecular flexibility index (Phi) is 4.72. The number of likely N-dealkylation sites (tertiary alicyclic amines) is 1. The number of hydrogen-bond donors (Lipinski definition) is 1. The van der Waals surface area contributed by atoms with E-state index < -0.39 is 0 Å². The topological polar surface area (TPSA) is 46.0 Å². The summed E-state index contributed by atoms with van der Waals surface area (Å²) in [5.74, 6) is 1.84. The predicted octanol–water partition coefficient (Wildman–Crippen LogP) is 1.12. The van der Waals surface area contributed by atoms with E-state index >= 15 is 0 Å². The minimum absolute atomic E-state index is 0.594. The van der Waals surface area contributed by atoms with E-state index in [1.54, 1.807) is 6.33 Å². The van der Waals surface area contributed by atoms with Crippen LogP contribution in [0.2, 0.25) is 0 Å². The van der Waals surface area contributed by atoms with Crippen LogP contribution in [0.25, 0.3) is 0 Å². The van der Waals surface area contributed by atoms with Crippen molar-refractivity contribution in [1.29, 1.82) is 0 Å². The Hall–Kier alpha value is -0.940. The molecule has 1 aromatic rings. The Balaban J connectivity index is 1.93. The molecule has 1 saturated heterocycles. The van der Waals surface area contributed by atoms with Crippen molar-refractivity contribution in [3.63, 3.8) is 0 Å². The van der Waals surface area contributed by atoms with Gasteiger partial charge in [0.15, 0.2) is 0 Å². The van der Waals surface area contributed by atoms with E-state index in [4.69, 9.17) is 0 Å². The molecule has 0 aromatic carbocycles. The van der Waals surface area contributed by atoms with Gasteiger partial charge in [0.05, 0.1) is 6.54 Å². The summed E-state index contributed by atoms with van der Waals surface area (Å²) in [6.07, 6.45) is 4.28. The van der Waals surface area contributed by atoms with Crippen LogP contribution in [0.3, 0.4) is 0 Å². The second kappa shape index (κ2) is 6.29. The normalized spacial score (nSPS) is 23.2. The van der Waals surface area contributed by atoms with Gasteiger partial charge in [0, 0.05) is 19.1 Å². The molecule has 102 valence electrons. The smallest absolute Gasteiger partial charge is 0.140 e. The van der Waals surface area contributed by atoms with Crippen LogP contribution in [-0.4, -0.2) is 45.8 Å². The van der Waals surface area contributed by atoms with Gasteiger partial charge in [-0.15, -0.1) is 0 Å². The van der Waals surface area contributed by atoms with Crippen LogP contribution in [0.1, 0.15) is 32.5 Å². The summed E-state index contributed by atoms with van der Waals surface area (Å²) in [6, 6.07) is 0.594. The summed E-state index contributed by atoms with van der Waals surface area (Å²) in [7, 11) is 2.05. The summed E-state index contributed by atoms with van der Waals surface area (Å²) in [4.78, 5) is 6.88. The minimum Gasteiger partial charge on any atom is -0.317 e. The summed E-state index contributed by atoms with van der Waals surface area (Å²) < 4.78 is 1.99. The molecule has 1 aromatic heterocycles. The van der Waals surface area contributed by atoms with Crippen LogP contribution < -0.4 is 5.32 Å². The highest BCUT2D eigenvalue weighted by Crippen LogP contribution is 2.20. The lowest BCUT2D eigenvalue weighted by molar-refractivity contribution is 0.142. The molecule has 0 bridgehead atoms. The number of aromatic nitrogens is 3. The molecular weight excluding hydrogens is 226 g/mol. The van der Waals surface area contributed by atoms with Gasteiger partial charge >= 0.3 is 0 Å². The van der Waals surface area contributed by atoms with E-state index in [9.17, 15) is 0 Å². The standard InChI is InChI=1S/C13H25N5/c1-4-18-13(15-10-16-18)9-17-7-5-6-12(8-17)11(2)14-3/h10-12,14H,4-9H2,1-3H3. The molecule has 0 aliphatic carbocycles. The first-order chi connectivity index (χ1) is 8.74. The van der Waals surface area contributed by atoms with Gasteiger partial charge in [-0.05, 0) is 46.2 Å². The van der Waals surface area contributed by atoms with Gasteiger partial charge in [0.2, 0.25) is 0 Å². The molecule has 1 N–H and O–H groups in total. The van der Waals surface area contributed by atoms with Crippen molar-refractivity contribution >= 4 is 0 Å². The van der Waals surface area contributed by atoms with Crippen molar-refractivity contribution in [1.82, 2.24) is 25.0 Å². The first-order valence-electron chi connectivity index (χ1n) is 7.01. The highest BCUT2D eigenvalue weighted by molar-refractivity contribution is 4.87. The van der Waals surface area contributed by atoms with E-state index in [1.165, 1.54) is 25.9 Å². The fourth-order valence-corrected chi connectivity index (χ4v) is 2.75. The van der Waals surface area contributed by atoms with E-state index in [0.29, 0.717) is 6.04 Å². The van der Waals surface area contributed by atoms with Crippen molar-refractivity contribution in [3.8, 4) is 0 Å². The molecule has 2 heterocycles. The van der Waals surface area contributed by atoms with E-state index in [2.05, 4.69) is 41.2 Å². The third-order valence-electron chi connectivity index (χ3n) is 4.06. The number of aryl methyl sites for hydroxylation is 1. The molecule has 2 rings (SSSR count). The summed E-state index contributed by atoms with van der Waals surface area (Å²) in [5.41, 5.74) is 0. The third kappa shape index (κ3) is 3.09. The van der Waals surface area contributed by atoms with Crippen molar-refractivity contribution in [2.45, 2.75) is 45.8 Å². The van der Waals surface area contributed by atoms with Gasteiger partial charge < -0.3 is 5.32 Å². The van der Waals surface area contributed by atoms with Gasteiger partial charge in [0.25, 0.3) is 0 Å². The molecule has 5 nitrogen and oxygen atoms in total. The van der Waals surface area contributed by atoms with Crippen LogP contribution in [-0.2, 0) is 13.1 Å². The second-order valence-electron chi connectivity index (χ2n) is 5.21. The Morgan fingerprint density at radius 2 is 2.39 bits per heavy atom. The maximum Gasteiger partial charge on any atom is 0.140 e. The van der Waals surface area contributed by atoms with E-state index in [0.717, 1.165) is 24.8 Å². The molecule has 5 heteroatoms. The number of nitrogens with zero attached hydrogens (tertiary/aromatic N) is 4. The number of piperidine rings is 1. The minimum atomic E-state index is 0.594. The van der Waals surface area contributed by atoms with E-state index in [-0.39, 0.29) is 0 Å². The van der Waals surface area contributed by atoms with Crippen LogP contribution in [0.5, 0.6) is 0 Å². The molecule has 2 unspecified atom stereocenters. The molecular formula is C13H25N5. The van der Waals surface area contributed by atoms with Crippen molar-refractivity contribution in [2.24, 2.45) is 5.92 Å². The zero-order chi connectivity index (χ0) is 13.0. The highest BCUT2D eigenvalue weighted by atomic mass is 15.3. The van der Waals surface area contributed by atoms with Gasteiger partial charge in [-0.25, -0.2) is 9.67 Å². The maximum absolute atomic E-state index is 4.37. The van der Waals surface area contributed by atoms with Crippen LogP contribution in [0.15, 0.2) is 6.33 Å². The summed E-state index contributed by atoms with van der Waals surface area (Å²) in [5, 5.41) is 7.61. The van der Waals surface area contributed by atoms with Crippen molar-refractivity contribution in [3.05, 3.63) is 12.2 Å². The SMILES string of the molecule is CCn1ncnc1CN1CCCC(C(C)NC)C1. The number of hydrogen-bond acceptors (Lipinski definition) is 4. The molecule has 0 amide bonds. The Morgan fingerprint density at radius 1 is 1.56 bits per heavy atom. The van der Waals surface area contributed by atoms with Crippen molar-refractivity contribution < 1.29 is 0 Å². The van der Waals surface area contributed by atoms with Gasteiger partial charge in [-0.3, -0.25) is 4.90 Å². The number of rotatable bonds is 5. The molecule has 0 radical (unpaired) electrons. The molecule has 0 saturated carbocycles. The first kappa shape index (κ1) is 13.5. The lowest BCUT2D eigenvalue weighted by atomic mass is 9.92. The average Bonchev–Trinajstić information content (AvgIpc) is 2.85. The summed E-state index contributed by atoms with van der Waals surface area (Å²) in [6.45, 7) is 8.57. The van der Waals surface area contributed by atoms with Crippen LogP contribution >= 0.6 is 0 Å². The molecule has 1 fully saturated rings. The lowest BCUT2D eigenvalue weighted by Gasteiger charge is -2.35. The predicted molar refractivity (Wildman–Crippen MR) is 72.2 cm³/mol. The molecule has 18 heavy (non-hydrogen) atoms. The van der Waals surface area contributed by atoms with Gasteiger partial charge in [0.1, 0.15) is 12.2 Å².